The highest BCUT2D eigenvalue weighted by atomic mass is 32.2. The number of anilines is 1. The quantitative estimate of drug-likeness (QED) is 0.622. The number of sulfonamides is 1. The van der Waals surface area contributed by atoms with Crippen molar-refractivity contribution >= 4 is 21.6 Å². The summed E-state index contributed by atoms with van der Waals surface area (Å²) in [5, 5.41) is 2.84. The van der Waals surface area contributed by atoms with Crippen molar-refractivity contribution in [2.45, 2.75) is 52.6 Å². The van der Waals surface area contributed by atoms with Crippen molar-refractivity contribution in [1.82, 2.24) is 5.32 Å². The second-order valence-electron chi connectivity index (χ2n) is 8.17. The van der Waals surface area contributed by atoms with Crippen molar-refractivity contribution in [3.63, 3.8) is 0 Å². The van der Waals surface area contributed by atoms with Gasteiger partial charge in [-0.15, -0.1) is 0 Å². The molecule has 2 aromatic carbocycles. The Balaban J connectivity index is 2.35. The Morgan fingerprint density at radius 3 is 2.16 bits per heavy atom. The van der Waals surface area contributed by atoms with Crippen LogP contribution < -0.4 is 14.4 Å². The first-order valence-corrected chi connectivity index (χ1v) is 12.1. The Morgan fingerprint density at radius 1 is 1.03 bits per heavy atom. The van der Waals surface area contributed by atoms with E-state index in [-0.39, 0.29) is 11.6 Å². The van der Waals surface area contributed by atoms with Crippen molar-refractivity contribution in [1.29, 1.82) is 0 Å². The van der Waals surface area contributed by atoms with Crippen LogP contribution in [0.1, 0.15) is 56.3 Å². The van der Waals surface area contributed by atoms with Gasteiger partial charge >= 0.3 is 0 Å². The van der Waals surface area contributed by atoms with E-state index in [9.17, 15) is 22.0 Å². The van der Waals surface area contributed by atoms with Gasteiger partial charge in [0.15, 0.2) is 11.6 Å². The molecule has 0 spiro atoms. The van der Waals surface area contributed by atoms with Crippen molar-refractivity contribution in [2.75, 3.05) is 17.7 Å². The molecule has 0 bridgehead atoms. The number of carbonyl (C=O) groups excluding carboxylic acids is 1. The number of hydrogen-bond acceptors (Lipinski definition) is 4. The molecule has 2 rings (SSSR count). The van der Waals surface area contributed by atoms with E-state index >= 15 is 0 Å². The Bertz CT molecular complexity index is 1100. The Hall–Kier alpha value is -2.68. The summed E-state index contributed by atoms with van der Waals surface area (Å²) in [6, 6.07) is 4.95. The highest BCUT2D eigenvalue weighted by Crippen LogP contribution is 2.32. The summed E-state index contributed by atoms with van der Waals surface area (Å²) in [6.45, 7) is 9.16. The minimum atomic E-state index is -3.96. The number of benzene rings is 2. The molecule has 0 radical (unpaired) electrons. The number of hydrogen-bond donors (Lipinski definition) is 1. The van der Waals surface area contributed by atoms with Gasteiger partial charge in [0.1, 0.15) is 11.8 Å². The average molecular weight is 469 g/mol. The molecule has 0 saturated carbocycles. The van der Waals surface area contributed by atoms with E-state index < -0.39 is 39.6 Å². The van der Waals surface area contributed by atoms with Crippen molar-refractivity contribution < 1.29 is 26.7 Å². The van der Waals surface area contributed by atoms with Gasteiger partial charge in [-0.25, -0.2) is 17.2 Å². The van der Waals surface area contributed by atoms with Crippen molar-refractivity contribution in [3.8, 4) is 5.75 Å². The zero-order valence-corrected chi connectivity index (χ0v) is 20.2. The molecule has 0 heterocycles. The molecule has 0 aliphatic heterocycles. The third-order valence-corrected chi connectivity index (χ3v) is 6.55. The van der Waals surface area contributed by atoms with Crippen LogP contribution in [0.3, 0.4) is 0 Å². The number of nitrogens with zero attached hydrogens (tertiary/aromatic N) is 1. The number of carbonyl (C=O) groups is 1. The fourth-order valence-electron chi connectivity index (χ4n) is 3.65. The lowest BCUT2D eigenvalue weighted by Crippen LogP contribution is -2.48. The molecule has 0 unspecified atom stereocenters. The standard InChI is InChI=1S/C23H30F2N2O4S/c1-13(2)18-12-19(14(3)10-22(18)31-6)15(4)26-23(28)16(5)27(32(7,29)30)17-8-9-20(24)21(25)11-17/h8-13,15-16H,1-7H3,(H,26,28)/t15-,16+/m1/s1. The Kier molecular flexibility index (Phi) is 7.88. The molecule has 1 amide bonds. The fourth-order valence-corrected chi connectivity index (χ4v) is 4.82. The molecule has 0 aliphatic carbocycles. The third-order valence-electron chi connectivity index (χ3n) is 5.31. The number of methoxy groups -OCH3 is 1. The average Bonchev–Trinajstić information content (AvgIpc) is 2.68. The maximum Gasteiger partial charge on any atom is 0.244 e. The van der Waals surface area contributed by atoms with Crippen LogP contribution >= 0.6 is 0 Å². The van der Waals surface area contributed by atoms with Crippen LogP contribution in [0.2, 0.25) is 0 Å². The Morgan fingerprint density at radius 2 is 1.66 bits per heavy atom. The zero-order valence-electron chi connectivity index (χ0n) is 19.4. The van der Waals surface area contributed by atoms with Gasteiger partial charge in [-0.05, 0) is 67.6 Å². The number of rotatable bonds is 8. The van der Waals surface area contributed by atoms with E-state index in [1.54, 1.807) is 14.0 Å². The summed E-state index contributed by atoms with van der Waals surface area (Å²) in [4.78, 5) is 13.0. The molecule has 32 heavy (non-hydrogen) atoms. The van der Waals surface area contributed by atoms with Gasteiger partial charge in [0.25, 0.3) is 0 Å². The van der Waals surface area contributed by atoms with E-state index in [1.165, 1.54) is 6.92 Å². The zero-order chi connectivity index (χ0) is 24.4. The molecule has 0 fully saturated rings. The van der Waals surface area contributed by atoms with Gasteiger partial charge in [0.2, 0.25) is 15.9 Å². The monoisotopic (exact) mass is 468 g/mol. The molecule has 2 aromatic rings. The van der Waals surface area contributed by atoms with E-state index in [1.807, 2.05) is 32.9 Å². The third kappa shape index (κ3) is 5.56. The highest BCUT2D eigenvalue weighted by molar-refractivity contribution is 7.92. The van der Waals surface area contributed by atoms with E-state index in [0.29, 0.717) is 0 Å². The number of ether oxygens (including phenoxy) is 1. The maximum absolute atomic E-state index is 13.7. The molecule has 0 aromatic heterocycles. The number of halogens is 2. The molecule has 0 saturated heterocycles. The summed E-state index contributed by atoms with van der Waals surface area (Å²) < 4.78 is 58.1. The predicted octanol–water partition coefficient (Wildman–Crippen LogP) is 4.44. The first kappa shape index (κ1) is 25.6. The second kappa shape index (κ2) is 9.85. The maximum atomic E-state index is 13.7. The van der Waals surface area contributed by atoms with Gasteiger partial charge in [-0.3, -0.25) is 9.10 Å². The van der Waals surface area contributed by atoms with Crippen LogP contribution in [0.15, 0.2) is 30.3 Å². The summed E-state index contributed by atoms with van der Waals surface area (Å²) in [5.41, 5.74) is 2.63. The minimum absolute atomic E-state index is 0.135. The van der Waals surface area contributed by atoms with Crippen LogP contribution in [0.5, 0.6) is 5.75 Å². The summed E-state index contributed by atoms with van der Waals surface area (Å²) in [5.74, 6) is -1.93. The molecular formula is C23H30F2N2O4S. The van der Waals surface area contributed by atoms with Crippen LogP contribution in [0.4, 0.5) is 14.5 Å². The molecule has 6 nitrogen and oxygen atoms in total. The molecule has 1 N–H and O–H groups in total. The van der Waals surface area contributed by atoms with Crippen LogP contribution in [0, 0.1) is 18.6 Å². The Labute approximate surface area is 188 Å². The minimum Gasteiger partial charge on any atom is -0.496 e. The second-order valence-corrected chi connectivity index (χ2v) is 10.0. The number of aryl methyl sites for hydroxylation is 1. The van der Waals surface area contributed by atoms with E-state index in [0.717, 1.165) is 51.2 Å². The van der Waals surface area contributed by atoms with Gasteiger partial charge in [0.05, 0.1) is 25.1 Å². The normalized spacial score (nSPS) is 13.6. The summed E-state index contributed by atoms with van der Waals surface area (Å²) in [6.07, 6.45) is 0.907. The van der Waals surface area contributed by atoms with Gasteiger partial charge in [-0.2, -0.15) is 0 Å². The van der Waals surface area contributed by atoms with Gasteiger partial charge < -0.3 is 10.1 Å². The molecule has 9 heteroatoms. The molecule has 2 atom stereocenters. The largest absolute Gasteiger partial charge is 0.496 e. The summed E-state index contributed by atoms with van der Waals surface area (Å²) in [7, 11) is -2.36. The van der Waals surface area contributed by atoms with Gasteiger partial charge in [-0.1, -0.05) is 13.8 Å². The molecule has 0 aliphatic rings. The van der Waals surface area contributed by atoms with E-state index in [2.05, 4.69) is 5.32 Å². The number of nitrogens with one attached hydrogen (secondary N) is 1. The fraction of sp³-hybridized carbons (Fsp3) is 0.435. The lowest BCUT2D eigenvalue weighted by atomic mass is 9.93. The highest BCUT2D eigenvalue weighted by Gasteiger charge is 2.31. The van der Waals surface area contributed by atoms with Crippen molar-refractivity contribution in [3.05, 3.63) is 58.7 Å². The van der Waals surface area contributed by atoms with Crippen LogP contribution in [-0.4, -0.2) is 33.7 Å². The smallest absolute Gasteiger partial charge is 0.244 e. The molecule has 176 valence electrons. The lowest BCUT2D eigenvalue weighted by molar-refractivity contribution is -0.122. The SMILES string of the molecule is COc1cc(C)c([C@@H](C)NC(=O)[C@H](C)N(c2ccc(F)c(F)c2)S(C)(=O)=O)cc1C(C)C. The van der Waals surface area contributed by atoms with Gasteiger partial charge in [0, 0.05) is 6.07 Å². The summed E-state index contributed by atoms with van der Waals surface area (Å²) >= 11 is 0. The van der Waals surface area contributed by atoms with Crippen LogP contribution in [0.25, 0.3) is 0 Å². The number of amides is 1. The van der Waals surface area contributed by atoms with E-state index in [4.69, 9.17) is 4.74 Å². The first-order valence-electron chi connectivity index (χ1n) is 10.2. The predicted molar refractivity (Wildman–Crippen MR) is 122 cm³/mol. The topological polar surface area (TPSA) is 75.7 Å². The lowest BCUT2D eigenvalue weighted by Gasteiger charge is -2.29. The van der Waals surface area contributed by atoms with Crippen LogP contribution in [-0.2, 0) is 14.8 Å². The van der Waals surface area contributed by atoms with Crippen molar-refractivity contribution in [2.24, 2.45) is 0 Å². The molecular weight excluding hydrogens is 438 g/mol. The first-order chi connectivity index (χ1) is 14.8.